The maximum Gasteiger partial charge on any atom is 0.305 e. The van der Waals surface area contributed by atoms with E-state index >= 15 is 0 Å². The van der Waals surface area contributed by atoms with Crippen molar-refractivity contribution in [2.75, 3.05) is 27.0 Å². The Balaban J connectivity index is -0.000000202. The Morgan fingerprint density at radius 1 is 1.08 bits per heavy atom. The first kappa shape index (κ1) is 32.3. The molecule has 0 aliphatic heterocycles. The molecule has 2 N–H and O–H groups in total. The van der Waals surface area contributed by atoms with Gasteiger partial charge in [-0.15, -0.1) is 0 Å². The quantitative estimate of drug-likeness (QED) is 0.610. The van der Waals surface area contributed by atoms with Crippen molar-refractivity contribution >= 4 is 34.5 Å². The van der Waals surface area contributed by atoms with Gasteiger partial charge in [-0.1, -0.05) is 46.4 Å². The molecule has 156 valence electrons. The van der Waals surface area contributed by atoms with Crippen LogP contribution in [0.15, 0.2) is 0 Å². The number of carbonyl (C=O) groups is 4. The molecule has 0 aromatic heterocycles. The molecule has 0 radical (unpaired) electrons. The van der Waals surface area contributed by atoms with Gasteiger partial charge >= 0.3 is 5.97 Å². The summed E-state index contributed by atoms with van der Waals surface area (Å²) in [6.45, 7) is 11.3. The Hall–Kier alpha value is -1.41. The van der Waals surface area contributed by atoms with E-state index < -0.39 is 6.04 Å². The number of hydrogen-bond donors (Lipinski definition) is 2. The van der Waals surface area contributed by atoms with E-state index in [1.807, 2.05) is 34.6 Å². The van der Waals surface area contributed by atoms with Gasteiger partial charge in [0, 0.05) is 12.8 Å². The predicted molar refractivity (Wildman–Crippen MR) is 109 cm³/mol. The van der Waals surface area contributed by atoms with Crippen molar-refractivity contribution in [3.05, 3.63) is 0 Å². The van der Waals surface area contributed by atoms with E-state index in [0.717, 1.165) is 0 Å². The number of rotatable bonds is 8. The summed E-state index contributed by atoms with van der Waals surface area (Å²) < 4.78 is 4.47. The standard InChI is InChI=1S/C10H18N2O4.C4H8OS.2C2H6/c1-7(13)6-12-10(15)8(11-2)4-5-9(14)16-3;1-3-4(5)6-2;2*1-2/h8,11H,4-6H2,1-3H3,(H,12,15);3H2,1-2H3;2*1-2H3/t8-;;;/m0.../s1. The van der Waals surface area contributed by atoms with Crippen LogP contribution in [0.3, 0.4) is 0 Å². The van der Waals surface area contributed by atoms with Gasteiger partial charge in [0.15, 0.2) is 5.12 Å². The lowest BCUT2D eigenvalue weighted by Gasteiger charge is -2.14. The maximum absolute atomic E-state index is 11.5. The van der Waals surface area contributed by atoms with Gasteiger partial charge in [0.05, 0.1) is 19.7 Å². The highest BCUT2D eigenvalue weighted by molar-refractivity contribution is 8.13. The first-order valence-corrected chi connectivity index (χ1v) is 10.1. The summed E-state index contributed by atoms with van der Waals surface area (Å²) in [6.07, 6.45) is 2.95. The zero-order valence-corrected chi connectivity index (χ0v) is 18.7. The molecule has 0 aliphatic rings. The number of likely N-dealkylation sites (N-methyl/N-ethyl adjacent to an activating group) is 1. The Kier molecular flexibility index (Phi) is 32.1. The van der Waals surface area contributed by atoms with Crippen LogP contribution in [0, 0.1) is 0 Å². The lowest BCUT2D eigenvalue weighted by Crippen LogP contribution is -2.44. The van der Waals surface area contributed by atoms with Gasteiger partial charge < -0.3 is 15.4 Å². The number of nitrogens with one attached hydrogen (secondary N) is 2. The van der Waals surface area contributed by atoms with E-state index in [-0.39, 0.29) is 35.7 Å². The number of esters is 1. The second-order valence-corrected chi connectivity index (χ2v) is 5.17. The fraction of sp³-hybridized carbons (Fsp3) is 0.778. The molecule has 8 heteroatoms. The normalized spacial score (nSPS) is 9.58. The van der Waals surface area contributed by atoms with Gasteiger partial charge in [-0.25, -0.2) is 0 Å². The van der Waals surface area contributed by atoms with Crippen LogP contribution >= 0.6 is 11.8 Å². The van der Waals surface area contributed by atoms with Crippen LogP contribution < -0.4 is 10.6 Å². The summed E-state index contributed by atoms with van der Waals surface area (Å²) in [5, 5.41) is 5.50. The zero-order chi connectivity index (χ0) is 21.5. The smallest absolute Gasteiger partial charge is 0.305 e. The zero-order valence-electron chi connectivity index (χ0n) is 17.9. The number of ketones is 1. The van der Waals surface area contributed by atoms with Crippen LogP contribution in [0.25, 0.3) is 0 Å². The van der Waals surface area contributed by atoms with E-state index in [2.05, 4.69) is 15.4 Å². The number of Topliss-reactive ketones (excluding diaryl/α,β-unsaturated/α-hetero) is 1. The SMILES string of the molecule is CC.CC.CCC(=O)SC.CN[C@@H](CCC(=O)OC)C(=O)NCC(C)=O. The minimum Gasteiger partial charge on any atom is -0.469 e. The van der Waals surface area contributed by atoms with Gasteiger partial charge in [0.2, 0.25) is 5.91 Å². The van der Waals surface area contributed by atoms with Gasteiger partial charge in [-0.2, -0.15) is 0 Å². The molecule has 0 saturated carbocycles. The maximum atomic E-state index is 11.5. The Morgan fingerprint density at radius 2 is 1.58 bits per heavy atom. The fourth-order valence-corrected chi connectivity index (χ4v) is 1.54. The molecule has 0 spiro atoms. The second-order valence-electron chi connectivity index (χ2n) is 4.31. The van der Waals surface area contributed by atoms with Gasteiger partial charge in [-0.3, -0.25) is 19.2 Å². The summed E-state index contributed by atoms with van der Waals surface area (Å²) in [6, 6.07) is -0.488. The number of methoxy groups -OCH3 is 1. The first-order valence-electron chi connectivity index (χ1n) is 8.90. The molecular weight excluding hydrogens is 356 g/mol. The van der Waals surface area contributed by atoms with Gasteiger partial charge in [0.1, 0.15) is 5.78 Å². The molecule has 0 aliphatic carbocycles. The molecule has 0 aromatic carbocycles. The molecule has 7 nitrogen and oxygen atoms in total. The van der Waals surface area contributed by atoms with Crippen molar-refractivity contribution < 1.29 is 23.9 Å². The summed E-state index contributed by atoms with van der Waals surface area (Å²) in [5.74, 6) is -0.766. The van der Waals surface area contributed by atoms with Crippen LogP contribution in [-0.2, 0) is 23.9 Å². The lowest BCUT2D eigenvalue weighted by molar-refractivity contribution is -0.141. The van der Waals surface area contributed by atoms with Gasteiger partial charge in [0.25, 0.3) is 0 Å². The Labute approximate surface area is 163 Å². The van der Waals surface area contributed by atoms with Gasteiger partial charge in [-0.05, 0) is 26.6 Å². The summed E-state index contributed by atoms with van der Waals surface area (Å²) in [4.78, 5) is 43.2. The monoisotopic (exact) mass is 394 g/mol. The molecule has 0 unspecified atom stereocenters. The summed E-state index contributed by atoms with van der Waals surface area (Å²) >= 11 is 1.29. The highest BCUT2D eigenvalue weighted by Gasteiger charge is 2.17. The average Bonchev–Trinajstić information content (AvgIpc) is 2.69. The third-order valence-electron chi connectivity index (χ3n) is 2.56. The number of carbonyl (C=O) groups excluding carboxylic acids is 4. The second kappa shape index (κ2) is 25.8. The number of hydrogen-bond acceptors (Lipinski definition) is 7. The van der Waals surface area contributed by atoms with Crippen molar-refractivity contribution in [1.29, 1.82) is 0 Å². The van der Waals surface area contributed by atoms with E-state index in [1.54, 1.807) is 13.3 Å². The molecule has 1 amide bonds. The number of amides is 1. The van der Waals surface area contributed by atoms with Crippen molar-refractivity contribution in [3.63, 3.8) is 0 Å². The molecule has 1 atom stereocenters. The fourth-order valence-electron chi connectivity index (χ4n) is 1.25. The lowest BCUT2D eigenvalue weighted by atomic mass is 10.1. The highest BCUT2D eigenvalue weighted by atomic mass is 32.2. The van der Waals surface area contributed by atoms with Crippen molar-refractivity contribution in [3.8, 4) is 0 Å². The minimum absolute atomic E-state index is 0.00916. The molecule has 26 heavy (non-hydrogen) atoms. The van der Waals surface area contributed by atoms with Crippen LogP contribution in [-0.4, -0.2) is 55.8 Å². The molecule has 0 saturated heterocycles. The molecular formula is C18H38N2O5S. The Bertz CT molecular complexity index is 371. The van der Waals surface area contributed by atoms with E-state index in [4.69, 9.17) is 0 Å². The summed E-state index contributed by atoms with van der Waals surface area (Å²) in [7, 11) is 2.92. The Morgan fingerprint density at radius 3 is 1.85 bits per heavy atom. The number of ether oxygens (including phenoxy) is 1. The van der Waals surface area contributed by atoms with E-state index in [9.17, 15) is 19.2 Å². The largest absolute Gasteiger partial charge is 0.469 e. The van der Waals surface area contributed by atoms with Crippen LogP contribution in [0.4, 0.5) is 0 Å². The van der Waals surface area contributed by atoms with Crippen molar-refractivity contribution in [2.24, 2.45) is 0 Å². The topological polar surface area (TPSA) is 102 Å². The number of thioether (sulfide) groups is 1. The molecule has 0 rings (SSSR count). The third kappa shape index (κ3) is 24.8. The first-order chi connectivity index (χ1) is 12.3. The predicted octanol–water partition coefficient (Wildman–Crippen LogP) is 2.57. The minimum atomic E-state index is -0.488. The van der Waals surface area contributed by atoms with Crippen LogP contribution in [0.2, 0.25) is 0 Å². The van der Waals surface area contributed by atoms with Crippen molar-refractivity contribution in [1.82, 2.24) is 10.6 Å². The average molecular weight is 395 g/mol. The molecule has 0 fully saturated rings. The van der Waals surface area contributed by atoms with Crippen LogP contribution in [0.1, 0.15) is 60.8 Å². The molecule has 0 bridgehead atoms. The molecule has 0 aromatic rings. The van der Waals surface area contributed by atoms with Crippen LogP contribution in [0.5, 0.6) is 0 Å². The van der Waals surface area contributed by atoms with E-state index in [1.165, 1.54) is 25.8 Å². The van der Waals surface area contributed by atoms with E-state index in [0.29, 0.717) is 12.8 Å². The third-order valence-corrected chi connectivity index (χ3v) is 3.30. The summed E-state index contributed by atoms with van der Waals surface area (Å²) in [5.41, 5.74) is 0. The highest BCUT2D eigenvalue weighted by Crippen LogP contribution is 1.98. The van der Waals surface area contributed by atoms with Crippen molar-refractivity contribution in [2.45, 2.75) is 66.8 Å². The molecule has 0 heterocycles.